The summed E-state index contributed by atoms with van der Waals surface area (Å²) in [4.78, 5) is 23.9. The molecule has 0 spiro atoms. The highest BCUT2D eigenvalue weighted by Crippen LogP contribution is 2.22. The van der Waals surface area contributed by atoms with Crippen molar-refractivity contribution >= 4 is 11.8 Å². The largest absolute Gasteiger partial charge is 0.356 e. The maximum absolute atomic E-state index is 12.4. The number of carbonyl (C=O) groups excluding carboxylic acids is 2. The lowest BCUT2D eigenvalue weighted by Gasteiger charge is -2.22. The molecule has 1 aliphatic carbocycles. The first kappa shape index (κ1) is 19.5. The Morgan fingerprint density at radius 2 is 1.64 bits per heavy atom. The number of benzene rings is 1. The Morgan fingerprint density at radius 1 is 1.04 bits per heavy atom. The van der Waals surface area contributed by atoms with Gasteiger partial charge in [0.05, 0.1) is 12.5 Å². The van der Waals surface area contributed by atoms with Crippen LogP contribution in [0.15, 0.2) is 24.3 Å². The minimum absolute atomic E-state index is 0.0152. The van der Waals surface area contributed by atoms with E-state index in [1.165, 1.54) is 57.4 Å². The molecule has 4 heteroatoms. The monoisotopic (exact) mass is 344 g/mol. The lowest BCUT2D eigenvalue weighted by molar-refractivity contribution is -0.123. The zero-order valence-corrected chi connectivity index (χ0v) is 15.6. The van der Waals surface area contributed by atoms with E-state index in [2.05, 4.69) is 10.6 Å². The van der Waals surface area contributed by atoms with Gasteiger partial charge in [0.2, 0.25) is 11.8 Å². The predicted octanol–water partition coefficient (Wildman–Crippen LogP) is 4.04. The normalized spacial score (nSPS) is 17.2. The highest BCUT2D eigenvalue weighted by Gasteiger charge is 2.18. The van der Waals surface area contributed by atoms with Gasteiger partial charge in [0.1, 0.15) is 0 Å². The molecule has 25 heavy (non-hydrogen) atoms. The van der Waals surface area contributed by atoms with Crippen molar-refractivity contribution in [2.24, 2.45) is 5.92 Å². The molecule has 2 amide bonds. The molecule has 4 nitrogen and oxygen atoms in total. The van der Waals surface area contributed by atoms with Crippen molar-refractivity contribution < 1.29 is 9.59 Å². The topological polar surface area (TPSA) is 58.2 Å². The van der Waals surface area contributed by atoms with E-state index in [4.69, 9.17) is 0 Å². The quantitative estimate of drug-likeness (QED) is 0.818. The predicted molar refractivity (Wildman–Crippen MR) is 101 cm³/mol. The second-order valence-electron chi connectivity index (χ2n) is 7.38. The molecule has 1 aromatic rings. The number of nitrogens with one attached hydrogen (secondary N) is 2. The van der Waals surface area contributed by atoms with Gasteiger partial charge >= 0.3 is 0 Å². The van der Waals surface area contributed by atoms with Crippen LogP contribution in [0.3, 0.4) is 0 Å². The number of amides is 2. The van der Waals surface area contributed by atoms with E-state index < -0.39 is 0 Å². The smallest absolute Gasteiger partial charge is 0.222 e. The van der Waals surface area contributed by atoms with Crippen LogP contribution in [0.4, 0.5) is 0 Å². The van der Waals surface area contributed by atoms with Crippen molar-refractivity contribution in [2.75, 3.05) is 6.54 Å². The fourth-order valence-corrected chi connectivity index (χ4v) is 3.56. The van der Waals surface area contributed by atoms with E-state index in [1.807, 2.05) is 31.2 Å². The number of carbonyl (C=O) groups is 2. The number of hydrogen-bond donors (Lipinski definition) is 2. The van der Waals surface area contributed by atoms with Gasteiger partial charge in [-0.15, -0.1) is 0 Å². The maximum atomic E-state index is 12.4. The third-order valence-corrected chi connectivity index (χ3v) is 5.06. The first-order valence-electron chi connectivity index (χ1n) is 9.65. The summed E-state index contributed by atoms with van der Waals surface area (Å²) >= 11 is 0. The van der Waals surface area contributed by atoms with Gasteiger partial charge in [-0.05, 0) is 31.2 Å². The van der Waals surface area contributed by atoms with E-state index in [0.717, 1.165) is 12.1 Å². The number of hydrogen-bond acceptors (Lipinski definition) is 2. The summed E-state index contributed by atoms with van der Waals surface area (Å²) < 4.78 is 0. The lowest BCUT2D eigenvalue weighted by Crippen LogP contribution is -2.34. The number of rotatable bonds is 6. The Morgan fingerprint density at radius 3 is 2.24 bits per heavy atom. The summed E-state index contributed by atoms with van der Waals surface area (Å²) in [6.07, 6.45) is 9.27. The van der Waals surface area contributed by atoms with Crippen LogP contribution in [0.1, 0.15) is 75.5 Å². The Labute approximate surface area is 151 Å². The van der Waals surface area contributed by atoms with Crippen LogP contribution in [0.5, 0.6) is 0 Å². The molecule has 138 valence electrons. The van der Waals surface area contributed by atoms with Crippen LogP contribution >= 0.6 is 0 Å². The Kier molecular flexibility index (Phi) is 7.96. The average Bonchev–Trinajstić information content (AvgIpc) is 2.53. The molecule has 1 unspecified atom stereocenters. The Bertz CT molecular complexity index is 546. The Balaban J connectivity index is 1.87. The van der Waals surface area contributed by atoms with Crippen LogP contribution in [-0.4, -0.2) is 18.4 Å². The molecule has 1 aromatic carbocycles. The zero-order valence-electron chi connectivity index (χ0n) is 15.6. The third kappa shape index (κ3) is 7.29. The molecule has 0 aliphatic heterocycles. The third-order valence-electron chi connectivity index (χ3n) is 5.06. The zero-order chi connectivity index (χ0) is 18.1. The van der Waals surface area contributed by atoms with Crippen LogP contribution in [0.25, 0.3) is 0 Å². The molecular formula is C21H32N2O2. The van der Waals surface area contributed by atoms with Crippen LogP contribution in [0, 0.1) is 12.8 Å². The van der Waals surface area contributed by atoms with Gasteiger partial charge in [0.15, 0.2) is 0 Å². The van der Waals surface area contributed by atoms with Crippen molar-refractivity contribution in [2.45, 2.75) is 71.3 Å². The van der Waals surface area contributed by atoms with Gasteiger partial charge in [0.25, 0.3) is 0 Å². The maximum Gasteiger partial charge on any atom is 0.222 e. The van der Waals surface area contributed by atoms with Crippen LogP contribution in [0.2, 0.25) is 0 Å². The molecule has 1 aliphatic rings. The van der Waals surface area contributed by atoms with Gasteiger partial charge < -0.3 is 10.6 Å². The molecule has 1 saturated carbocycles. The molecule has 2 rings (SSSR count). The summed E-state index contributed by atoms with van der Waals surface area (Å²) in [7, 11) is 0. The molecule has 0 aromatic heterocycles. The summed E-state index contributed by atoms with van der Waals surface area (Å²) in [5, 5.41) is 6.00. The van der Waals surface area contributed by atoms with E-state index in [1.54, 1.807) is 0 Å². The molecular weight excluding hydrogens is 312 g/mol. The van der Waals surface area contributed by atoms with E-state index >= 15 is 0 Å². The number of aryl methyl sites for hydroxylation is 1. The minimum atomic E-state index is -0.268. The fraction of sp³-hybridized carbons (Fsp3) is 0.619. The second kappa shape index (κ2) is 10.2. The minimum Gasteiger partial charge on any atom is -0.356 e. The first-order valence-corrected chi connectivity index (χ1v) is 9.65. The van der Waals surface area contributed by atoms with Crippen LogP contribution < -0.4 is 10.6 Å². The molecule has 0 radical (unpaired) electrons. The van der Waals surface area contributed by atoms with Gasteiger partial charge in [-0.1, -0.05) is 61.9 Å². The van der Waals surface area contributed by atoms with Gasteiger partial charge in [-0.3, -0.25) is 9.59 Å². The molecule has 1 atom stereocenters. The summed E-state index contributed by atoms with van der Waals surface area (Å²) in [6, 6.07) is 7.72. The molecule has 0 saturated heterocycles. The summed E-state index contributed by atoms with van der Waals surface area (Å²) in [6.45, 7) is 4.28. The second-order valence-corrected chi connectivity index (χ2v) is 7.38. The van der Waals surface area contributed by atoms with Crippen molar-refractivity contribution in [1.29, 1.82) is 0 Å². The van der Waals surface area contributed by atoms with Gasteiger partial charge in [0, 0.05) is 13.5 Å². The van der Waals surface area contributed by atoms with Crippen molar-refractivity contribution in [1.82, 2.24) is 10.6 Å². The molecule has 0 bridgehead atoms. The fourth-order valence-electron chi connectivity index (χ4n) is 3.56. The van der Waals surface area contributed by atoms with Crippen molar-refractivity contribution in [3.8, 4) is 0 Å². The standard InChI is InChI=1S/C21H32N2O2/c1-16-10-12-19(13-11-16)20(23-17(2)24)14-21(25)22-15-18-8-6-4-3-5-7-9-18/h10-13,18,20H,3-9,14-15H2,1-2H3,(H,22,25)(H,23,24). The molecule has 1 fully saturated rings. The SMILES string of the molecule is CC(=O)NC(CC(=O)NCC1CCCCCCC1)c1ccc(C)cc1. The van der Waals surface area contributed by atoms with E-state index in [0.29, 0.717) is 5.92 Å². The summed E-state index contributed by atoms with van der Waals surface area (Å²) in [5.41, 5.74) is 2.14. The van der Waals surface area contributed by atoms with Gasteiger partial charge in [-0.2, -0.15) is 0 Å². The molecule has 0 heterocycles. The molecule has 2 N–H and O–H groups in total. The van der Waals surface area contributed by atoms with Crippen molar-refractivity contribution in [3.05, 3.63) is 35.4 Å². The van der Waals surface area contributed by atoms with Gasteiger partial charge in [-0.25, -0.2) is 0 Å². The highest BCUT2D eigenvalue weighted by molar-refractivity contribution is 5.79. The Hall–Kier alpha value is -1.84. The highest BCUT2D eigenvalue weighted by atomic mass is 16.2. The summed E-state index contributed by atoms with van der Waals surface area (Å²) in [5.74, 6) is 0.502. The lowest BCUT2D eigenvalue weighted by atomic mass is 9.91. The van der Waals surface area contributed by atoms with Crippen LogP contribution in [-0.2, 0) is 9.59 Å². The van der Waals surface area contributed by atoms with Crippen molar-refractivity contribution in [3.63, 3.8) is 0 Å². The first-order chi connectivity index (χ1) is 12.0. The average molecular weight is 344 g/mol. The van der Waals surface area contributed by atoms with E-state index in [-0.39, 0.29) is 24.3 Å². The van der Waals surface area contributed by atoms with E-state index in [9.17, 15) is 9.59 Å².